The molecule has 246 valence electrons. The van der Waals surface area contributed by atoms with E-state index >= 15 is 0 Å². The topological polar surface area (TPSA) is 122 Å². The van der Waals surface area contributed by atoms with Crippen LogP contribution in [0.25, 0.3) is 0 Å². The Morgan fingerprint density at radius 1 is 1.05 bits per heavy atom. The Morgan fingerprint density at radius 2 is 1.75 bits per heavy atom. The van der Waals surface area contributed by atoms with Crippen LogP contribution in [-0.2, 0) is 21.2 Å². The lowest BCUT2D eigenvalue weighted by molar-refractivity contribution is -0.203. The summed E-state index contributed by atoms with van der Waals surface area (Å²) >= 11 is 0. The second-order valence-electron chi connectivity index (χ2n) is 16.1. The lowest BCUT2D eigenvalue weighted by Crippen LogP contribution is -2.62. The zero-order valence-corrected chi connectivity index (χ0v) is 28.2. The van der Waals surface area contributed by atoms with Gasteiger partial charge >= 0.3 is 6.09 Å². The molecule has 4 saturated carbocycles. The summed E-state index contributed by atoms with van der Waals surface area (Å²) in [5.41, 5.74) is 0.597. The van der Waals surface area contributed by atoms with Crippen molar-refractivity contribution in [2.24, 2.45) is 52.3 Å². The molecular weight excluding hydrogens is 578 g/mol. The van der Waals surface area contributed by atoms with Crippen LogP contribution in [0.2, 0.25) is 0 Å². The monoisotopic (exact) mass is 631 g/mol. The number of carbonyl (C=O) groups excluding carboxylic acids is 1. The second-order valence-corrected chi connectivity index (χ2v) is 17.8. The van der Waals surface area contributed by atoms with Gasteiger partial charge in [0.2, 0.25) is 0 Å². The summed E-state index contributed by atoms with van der Waals surface area (Å²) in [5, 5.41) is 22.5. The Balaban J connectivity index is 1.11. The molecule has 0 aromatic heterocycles. The molecule has 6 rings (SSSR count). The van der Waals surface area contributed by atoms with E-state index in [2.05, 4.69) is 32.4 Å². The molecule has 1 aromatic carbocycles. The van der Waals surface area contributed by atoms with Crippen LogP contribution in [0.4, 0.5) is 4.79 Å². The summed E-state index contributed by atoms with van der Waals surface area (Å²) in [6.45, 7) is 13.2. The molecule has 0 saturated heterocycles. The van der Waals surface area contributed by atoms with E-state index in [1.807, 2.05) is 13.8 Å². The molecule has 9 heteroatoms. The van der Waals surface area contributed by atoms with Crippen LogP contribution in [0.15, 0.2) is 23.1 Å². The van der Waals surface area contributed by atoms with Crippen LogP contribution in [-0.4, -0.2) is 49.1 Å². The van der Waals surface area contributed by atoms with Gasteiger partial charge in [-0.15, -0.1) is 0 Å². The summed E-state index contributed by atoms with van der Waals surface area (Å²) in [7, 11) is -4.09. The highest BCUT2D eigenvalue weighted by Crippen LogP contribution is 2.69. The highest BCUT2D eigenvalue weighted by molar-refractivity contribution is 7.90. The maximum atomic E-state index is 13.0. The molecule has 11 atom stereocenters. The standard InChI is InChI=1S/C35H53NO7S/c1-7-24-28-17-22(37)12-14-35(28,6)27-13-15-34(5)25(9-10-26(34)30(27)31(24)38)20(2)19-42-32(39)36-44(40,41)23-8-11-29-21(16-23)18-33(3,4)43-29/h8,11,16,20,22,24-28,30-31,37-38H,7,9-10,12-15,17-19H2,1-6H3,(H,36,39)/t20-,22+,24-,25-,26+,27+,28+,30+,31-,34-,35-/m1/s1. The largest absolute Gasteiger partial charge is 0.487 e. The van der Waals surface area contributed by atoms with Crippen molar-refractivity contribution in [3.05, 3.63) is 23.8 Å². The number of hydrogen-bond acceptors (Lipinski definition) is 7. The first-order valence-corrected chi connectivity index (χ1v) is 18.5. The van der Waals surface area contributed by atoms with Crippen LogP contribution in [0.1, 0.15) is 98.5 Å². The number of benzene rings is 1. The van der Waals surface area contributed by atoms with Crippen molar-refractivity contribution in [1.82, 2.24) is 4.72 Å². The van der Waals surface area contributed by atoms with Crippen molar-refractivity contribution in [3.63, 3.8) is 0 Å². The summed E-state index contributed by atoms with van der Waals surface area (Å²) in [5.74, 6) is 2.76. The molecule has 4 fully saturated rings. The van der Waals surface area contributed by atoms with Gasteiger partial charge < -0.3 is 19.7 Å². The van der Waals surface area contributed by atoms with Crippen molar-refractivity contribution in [3.8, 4) is 5.75 Å². The van der Waals surface area contributed by atoms with Gasteiger partial charge in [-0.05, 0) is 135 Å². The molecule has 3 N–H and O–H groups in total. The predicted molar refractivity (Wildman–Crippen MR) is 167 cm³/mol. The fourth-order valence-electron chi connectivity index (χ4n) is 11.2. The number of rotatable bonds is 6. The molecule has 44 heavy (non-hydrogen) atoms. The minimum atomic E-state index is -4.09. The van der Waals surface area contributed by atoms with E-state index in [4.69, 9.17) is 9.47 Å². The fourth-order valence-corrected chi connectivity index (χ4v) is 12.1. The van der Waals surface area contributed by atoms with Crippen molar-refractivity contribution in [2.45, 2.75) is 122 Å². The van der Waals surface area contributed by atoms with Crippen LogP contribution in [0, 0.1) is 52.3 Å². The van der Waals surface area contributed by atoms with Crippen molar-refractivity contribution in [2.75, 3.05) is 6.61 Å². The van der Waals surface area contributed by atoms with E-state index in [1.165, 1.54) is 6.07 Å². The Labute approximate surface area is 263 Å². The molecule has 5 aliphatic rings. The Morgan fingerprint density at radius 3 is 2.48 bits per heavy atom. The van der Waals surface area contributed by atoms with Crippen LogP contribution in [0.5, 0.6) is 5.75 Å². The number of nitrogens with one attached hydrogen (secondary N) is 1. The normalized spacial score (nSPS) is 41.4. The number of carbonyl (C=O) groups is 1. The molecule has 0 spiro atoms. The summed E-state index contributed by atoms with van der Waals surface area (Å²) in [6, 6.07) is 4.66. The SMILES string of the molecule is CC[C@H]1[C@@H](O)[C@@H]2[C@H](CC[C@]3(C)[C@@H]([C@H](C)COC(=O)NS(=O)(=O)c4ccc5c(c4)CC(C)(C)O5)CC[C@@H]23)[C@@]2(C)CC[C@H](O)C[C@@H]12. The van der Waals surface area contributed by atoms with Crippen LogP contribution in [0.3, 0.4) is 0 Å². The fraction of sp³-hybridized carbons (Fsp3) is 0.800. The lowest BCUT2D eigenvalue weighted by Gasteiger charge is -2.64. The first kappa shape index (κ1) is 32.1. The maximum absolute atomic E-state index is 13.0. The minimum Gasteiger partial charge on any atom is -0.487 e. The van der Waals surface area contributed by atoms with E-state index in [9.17, 15) is 23.4 Å². The third-order valence-electron chi connectivity index (χ3n) is 13.2. The average molecular weight is 632 g/mol. The number of amides is 1. The summed E-state index contributed by atoms with van der Waals surface area (Å²) in [4.78, 5) is 12.8. The van der Waals surface area contributed by atoms with E-state index < -0.39 is 21.7 Å². The molecule has 0 radical (unpaired) electrons. The highest BCUT2D eigenvalue weighted by Gasteiger charge is 2.65. The van der Waals surface area contributed by atoms with Crippen molar-refractivity contribution >= 4 is 16.1 Å². The van der Waals surface area contributed by atoms with Gasteiger partial charge in [0.15, 0.2) is 0 Å². The third kappa shape index (κ3) is 5.26. The third-order valence-corrected chi connectivity index (χ3v) is 14.5. The molecule has 4 aliphatic carbocycles. The predicted octanol–water partition coefficient (Wildman–Crippen LogP) is 6.08. The van der Waals surface area contributed by atoms with Gasteiger partial charge in [0.05, 0.1) is 23.7 Å². The van der Waals surface area contributed by atoms with Crippen LogP contribution < -0.4 is 9.46 Å². The maximum Gasteiger partial charge on any atom is 0.421 e. The van der Waals surface area contributed by atoms with E-state index in [1.54, 1.807) is 12.1 Å². The number of sulfonamides is 1. The van der Waals surface area contributed by atoms with Crippen LogP contribution >= 0.6 is 0 Å². The molecule has 1 aromatic rings. The second kappa shape index (κ2) is 11.2. The Kier molecular flexibility index (Phi) is 8.14. The first-order chi connectivity index (χ1) is 20.6. The van der Waals surface area contributed by atoms with Gasteiger partial charge in [-0.2, -0.15) is 0 Å². The summed E-state index contributed by atoms with van der Waals surface area (Å²) < 4.78 is 39.5. The van der Waals surface area contributed by atoms with Gasteiger partial charge in [0, 0.05) is 6.42 Å². The molecule has 1 aliphatic heterocycles. The van der Waals surface area contributed by atoms with Gasteiger partial charge in [-0.3, -0.25) is 0 Å². The molecule has 0 unspecified atom stereocenters. The number of hydrogen-bond donors (Lipinski definition) is 3. The zero-order valence-electron chi connectivity index (χ0n) is 27.3. The first-order valence-electron chi connectivity index (χ1n) is 17.0. The molecule has 1 amide bonds. The summed E-state index contributed by atoms with van der Waals surface area (Å²) in [6.07, 6.45) is 6.92. The molecule has 0 bridgehead atoms. The van der Waals surface area contributed by atoms with E-state index in [0.717, 1.165) is 56.9 Å². The van der Waals surface area contributed by atoms with Gasteiger partial charge in [0.1, 0.15) is 11.4 Å². The molecule has 8 nitrogen and oxygen atoms in total. The average Bonchev–Trinajstić information content (AvgIpc) is 3.46. The zero-order chi connectivity index (χ0) is 31.8. The van der Waals surface area contributed by atoms with Gasteiger partial charge in [-0.25, -0.2) is 17.9 Å². The number of fused-ring (bicyclic) bond motifs is 6. The van der Waals surface area contributed by atoms with E-state index in [0.29, 0.717) is 35.8 Å². The lowest BCUT2D eigenvalue weighted by atomic mass is 9.41. The van der Waals surface area contributed by atoms with Crippen molar-refractivity contribution in [1.29, 1.82) is 0 Å². The van der Waals surface area contributed by atoms with Gasteiger partial charge in [0.25, 0.3) is 10.0 Å². The molecule has 1 heterocycles. The van der Waals surface area contributed by atoms with Crippen molar-refractivity contribution < 1.29 is 32.9 Å². The number of aliphatic hydroxyl groups is 2. The van der Waals surface area contributed by atoms with E-state index in [-0.39, 0.29) is 52.3 Å². The Hall–Kier alpha value is -1.84. The smallest absolute Gasteiger partial charge is 0.421 e. The molecular formula is C35H53NO7S. The van der Waals surface area contributed by atoms with Gasteiger partial charge in [-0.1, -0.05) is 34.1 Å². The quantitative estimate of drug-likeness (QED) is 0.348. The number of aliphatic hydroxyl groups excluding tert-OH is 2. The number of ether oxygens (including phenoxy) is 2. The minimum absolute atomic E-state index is 0.0188. The highest BCUT2D eigenvalue weighted by atomic mass is 32.2. The Bertz CT molecular complexity index is 1380.